The van der Waals surface area contributed by atoms with E-state index in [1.807, 2.05) is 56.3 Å². The monoisotopic (exact) mass is 388 g/mol. The molecule has 1 aromatic carbocycles. The Morgan fingerprint density at radius 1 is 0.931 bits per heavy atom. The molecule has 0 bridgehead atoms. The molecule has 3 rings (SSSR count). The molecule has 2 N–H and O–H groups in total. The molecule has 0 aliphatic carbocycles. The highest BCUT2D eigenvalue weighted by atomic mass is 16.2. The van der Waals surface area contributed by atoms with Gasteiger partial charge in [-0.25, -0.2) is 9.78 Å². The quantitative estimate of drug-likeness (QED) is 0.592. The molecule has 0 atom stereocenters. The van der Waals surface area contributed by atoms with Crippen LogP contribution in [0.15, 0.2) is 60.9 Å². The van der Waals surface area contributed by atoms with Gasteiger partial charge in [-0.05, 0) is 53.8 Å². The molecule has 6 heteroatoms. The number of rotatable bonds is 7. The largest absolute Gasteiger partial charge is 0.334 e. The molecule has 148 valence electrons. The van der Waals surface area contributed by atoms with Crippen LogP contribution in [-0.2, 0) is 13.0 Å². The number of pyridine rings is 2. The average Bonchev–Trinajstić information content (AvgIpc) is 2.74. The van der Waals surface area contributed by atoms with Crippen molar-refractivity contribution < 1.29 is 9.59 Å². The number of nitrogens with one attached hydrogen (secondary N) is 2. The SMILES string of the molecule is CCC(=O)c1cc(Cc2ccc(CNC(=O)Nc3ccc(C)cn3)cc2)ccn1. The molecule has 2 amide bonds. The van der Waals surface area contributed by atoms with Crippen LogP contribution in [-0.4, -0.2) is 21.8 Å². The summed E-state index contributed by atoms with van der Waals surface area (Å²) >= 11 is 0. The van der Waals surface area contributed by atoms with E-state index in [-0.39, 0.29) is 11.8 Å². The highest BCUT2D eigenvalue weighted by molar-refractivity contribution is 5.94. The molecule has 0 saturated carbocycles. The molecule has 0 unspecified atom stereocenters. The second-order valence-electron chi connectivity index (χ2n) is 6.85. The van der Waals surface area contributed by atoms with Crippen LogP contribution in [0.4, 0.5) is 10.6 Å². The first kappa shape index (κ1) is 20.2. The van der Waals surface area contributed by atoms with Crippen molar-refractivity contribution in [2.45, 2.75) is 33.2 Å². The Bertz CT molecular complexity index is 983. The van der Waals surface area contributed by atoms with Gasteiger partial charge in [0, 0.05) is 25.4 Å². The fraction of sp³-hybridized carbons (Fsp3) is 0.217. The Kier molecular flexibility index (Phi) is 6.68. The third-order valence-electron chi connectivity index (χ3n) is 4.47. The fourth-order valence-corrected chi connectivity index (χ4v) is 2.81. The minimum atomic E-state index is -0.296. The van der Waals surface area contributed by atoms with Gasteiger partial charge in [-0.15, -0.1) is 0 Å². The van der Waals surface area contributed by atoms with Gasteiger partial charge in [0.2, 0.25) is 0 Å². The number of urea groups is 1. The van der Waals surface area contributed by atoms with Gasteiger partial charge in [0.05, 0.1) is 0 Å². The molecule has 0 radical (unpaired) electrons. The van der Waals surface area contributed by atoms with Gasteiger partial charge in [-0.3, -0.25) is 15.1 Å². The van der Waals surface area contributed by atoms with E-state index in [2.05, 4.69) is 20.6 Å². The van der Waals surface area contributed by atoms with Gasteiger partial charge in [0.15, 0.2) is 5.78 Å². The molecule has 0 aliphatic rings. The van der Waals surface area contributed by atoms with Crippen molar-refractivity contribution in [2.75, 3.05) is 5.32 Å². The molecule has 29 heavy (non-hydrogen) atoms. The minimum absolute atomic E-state index is 0.0485. The minimum Gasteiger partial charge on any atom is -0.334 e. The molecule has 3 aromatic rings. The summed E-state index contributed by atoms with van der Waals surface area (Å²) in [5.74, 6) is 0.564. The predicted octanol–water partition coefficient (Wildman–Crippen LogP) is 4.29. The van der Waals surface area contributed by atoms with Crippen LogP contribution in [0, 0.1) is 6.92 Å². The normalized spacial score (nSPS) is 10.4. The maximum atomic E-state index is 12.0. The molecular formula is C23H24N4O2. The fourth-order valence-electron chi connectivity index (χ4n) is 2.81. The zero-order chi connectivity index (χ0) is 20.6. The number of nitrogens with zero attached hydrogens (tertiary/aromatic N) is 2. The second-order valence-corrected chi connectivity index (χ2v) is 6.85. The number of ketones is 1. The first-order valence-electron chi connectivity index (χ1n) is 9.57. The number of carbonyl (C=O) groups excluding carboxylic acids is 2. The summed E-state index contributed by atoms with van der Waals surface area (Å²) in [5, 5.41) is 5.53. The maximum Gasteiger partial charge on any atom is 0.320 e. The molecule has 6 nitrogen and oxygen atoms in total. The van der Waals surface area contributed by atoms with Crippen LogP contribution < -0.4 is 10.6 Å². The molecule has 0 spiro atoms. The third-order valence-corrected chi connectivity index (χ3v) is 4.47. The van der Waals surface area contributed by atoms with Crippen LogP contribution in [0.25, 0.3) is 0 Å². The van der Waals surface area contributed by atoms with Crippen LogP contribution in [0.5, 0.6) is 0 Å². The van der Waals surface area contributed by atoms with Crippen molar-refractivity contribution in [3.05, 3.63) is 88.9 Å². The summed E-state index contributed by atoms with van der Waals surface area (Å²) in [6, 6.07) is 15.2. The van der Waals surface area contributed by atoms with Gasteiger partial charge in [0.1, 0.15) is 11.5 Å². The number of hydrogen-bond acceptors (Lipinski definition) is 4. The summed E-state index contributed by atoms with van der Waals surface area (Å²) in [7, 11) is 0. The molecule has 2 aromatic heterocycles. The van der Waals surface area contributed by atoms with E-state index in [9.17, 15) is 9.59 Å². The zero-order valence-electron chi connectivity index (χ0n) is 16.6. The van der Waals surface area contributed by atoms with Gasteiger partial charge in [-0.2, -0.15) is 0 Å². The number of hydrogen-bond donors (Lipinski definition) is 2. The zero-order valence-corrected chi connectivity index (χ0v) is 16.6. The number of aromatic nitrogens is 2. The molecular weight excluding hydrogens is 364 g/mol. The van der Waals surface area contributed by atoms with E-state index in [0.29, 0.717) is 24.5 Å². The Balaban J connectivity index is 1.53. The van der Waals surface area contributed by atoms with Crippen molar-refractivity contribution in [1.82, 2.24) is 15.3 Å². The Morgan fingerprint density at radius 3 is 2.38 bits per heavy atom. The van der Waals surface area contributed by atoms with Crippen molar-refractivity contribution in [3.8, 4) is 0 Å². The van der Waals surface area contributed by atoms with Crippen molar-refractivity contribution in [3.63, 3.8) is 0 Å². The highest BCUT2D eigenvalue weighted by Crippen LogP contribution is 2.13. The van der Waals surface area contributed by atoms with Crippen molar-refractivity contribution in [2.24, 2.45) is 0 Å². The number of Topliss-reactive ketones (excluding diaryl/α,β-unsaturated/α-hetero) is 1. The standard InChI is InChI=1S/C23H24N4O2/c1-3-21(28)20-13-19(10-11-24-20)12-17-5-7-18(8-6-17)15-26-23(29)27-22-9-4-16(2)14-25-22/h4-11,13-14H,3,12,15H2,1-2H3,(H2,25,26,27,29). The maximum absolute atomic E-state index is 12.0. The number of aryl methyl sites for hydroxylation is 1. The van der Waals surface area contributed by atoms with Gasteiger partial charge in [0.25, 0.3) is 0 Å². The highest BCUT2D eigenvalue weighted by Gasteiger charge is 2.06. The van der Waals surface area contributed by atoms with E-state index in [1.54, 1.807) is 18.5 Å². The van der Waals surface area contributed by atoms with E-state index in [1.165, 1.54) is 0 Å². The van der Waals surface area contributed by atoms with Gasteiger partial charge >= 0.3 is 6.03 Å². The van der Waals surface area contributed by atoms with Gasteiger partial charge < -0.3 is 5.32 Å². The summed E-state index contributed by atoms with van der Waals surface area (Å²) in [4.78, 5) is 32.1. The van der Waals surface area contributed by atoms with E-state index >= 15 is 0 Å². The summed E-state index contributed by atoms with van der Waals surface area (Å²) < 4.78 is 0. The second kappa shape index (κ2) is 9.59. The lowest BCUT2D eigenvalue weighted by molar-refractivity contribution is 0.0983. The molecule has 0 saturated heterocycles. The summed E-state index contributed by atoms with van der Waals surface area (Å²) in [6.07, 6.45) is 4.56. The lowest BCUT2D eigenvalue weighted by Crippen LogP contribution is -2.28. The van der Waals surface area contributed by atoms with Crippen molar-refractivity contribution >= 4 is 17.6 Å². The van der Waals surface area contributed by atoms with Crippen molar-refractivity contribution in [1.29, 1.82) is 0 Å². The predicted molar refractivity (Wildman–Crippen MR) is 113 cm³/mol. The van der Waals surface area contributed by atoms with E-state index < -0.39 is 0 Å². The lowest BCUT2D eigenvalue weighted by atomic mass is 10.0. The van der Waals surface area contributed by atoms with Crippen LogP contribution >= 0.6 is 0 Å². The molecule has 0 fully saturated rings. The third kappa shape index (κ3) is 5.97. The number of carbonyl (C=O) groups is 2. The Morgan fingerprint density at radius 2 is 1.69 bits per heavy atom. The number of amides is 2. The topological polar surface area (TPSA) is 84.0 Å². The molecule has 2 heterocycles. The first-order valence-corrected chi connectivity index (χ1v) is 9.57. The first-order chi connectivity index (χ1) is 14.0. The Labute approximate surface area is 170 Å². The number of anilines is 1. The summed E-state index contributed by atoms with van der Waals surface area (Å²) in [6.45, 7) is 4.20. The van der Waals surface area contributed by atoms with E-state index in [4.69, 9.17) is 0 Å². The van der Waals surface area contributed by atoms with E-state index in [0.717, 1.165) is 28.7 Å². The molecule has 0 aliphatic heterocycles. The average molecular weight is 388 g/mol. The smallest absolute Gasteiger partial charge is 0.320 e. The van der Waals surface area contributed by atoms with Crippen LogP contribution in [0.2, 0.25) is 0 Å². The lowest BCUT2D eigenvalue weighted by Gasteiger charge is -2.08. The number of benzene rings is 1. The van der Waals surface area contributed by atoms with Gasteiger partial charge in [-0.1, -0.05) is 37.3 Å². The van der Waals surface area contributed by atoms with Crippen LogP contribution in [0.1, 0.15) is 46.1 Å². The summed E-state index contributed by atoms with van der Waals surface area (Å²) in [5.41, 5.74) is 4.73. The van der Waals surface area contributed by atoms with Crippen LogP contribution in [0.3, 0.4) is 0 Å². The Hall–Kier alpha value is -3.54.